The van der Waals surface area contributed by atoms with Crippen molar-refractivity contribution in [3.63, 3.8) is 0 Å². The van der Waals surface area contributed by atoms with Crippen LogP contribution in [0.25, 0.3) is 0 Å². The summed E-state index contributed by atoms with van der Waals surface area (Å²) in [7, 11) is 0. The van der Waals surface area contributed by atoms with Crippen molar-refractivity contribution in [2.45, 2.75) is 19.3 Å². The van der Waals surface area contributed by atoms with Crippen molar-refractivity contribution < 1.29 is 19.4 Å². The van der Waals surface area contributed by atoms with E-state index in [1.54, 1.807) is 0 Å². The second kappa shape index (κ2) is 7.08. The van der Waals surface area contributed by atoms with E-state index in [1.165, 1.54) is 37.5 Å². The summed E-state index contributed by atoms with van der Waals surface area (Å²) in [5.41, 5.74) is 5.56. The van der Waals surface area contributed by atoms with Gasteiger partial charge in [-0.05, 0) is 44.1 Å². The van der Waals surface area contributed by atoms with Crippen LogP contribution >= 0.6 is 0 Å². The molecule has 0 aliphatic carbocycles. The zero-order valence-corrected chi connectivity index (χ0v) is 11.9. The van der Waals surface area contributed by atoms with Crippen molar-refractivity contribution in [3.8, 4) is 5.75 Å². The second-order valence-electron chi connectivity index (χ2n) is 5.13. The van der Waals surface area contributed by atoms with E-state index in [2.05, 4.69) is 4.90 Å². The van der Waals surface area contributed by atoms with Crippen LogP contribution in [0.5, 0.6) is 5.75 Å². The maximum absolute atomic E-state index is 11.4. The van der Waals surface area contributed by atoms with Gasteiger partial charge in [0.05, 0.1) is 11.1 Å². The largest absolute Gasteiger partial charge is 0.491 e. The number of carbonyl (C=O) groups is 2. The Balaban J connectivity index is 2.00. The van der Waals surface area contributed by atoms with Crippen molar-refractivity contribution >= 4 is 11.9 Å². The zero-order chi connectivity index (χ0) is 15.2. The van der Waals surface area contributed by atoms with Crippen molar-refractivity contribution in [2.75, 3.05) is 26.2 Å². The molecule has 1 heterocycles. The average molecular weight is 292 g/mol. The Kier molecular flexibility index (Phi) is 5.16. The lowest BCUT2D eigenvalue weighted by atomic mass is 10.1. The molecule has 0 spiro atoms. The number of nitrogens with zero attached hydrogens (tertiary/aromatic N) is 1. The molecule has 0 unspecified atom stereocenters. The van der Waals surface area contributed by atoms with Gasteiger partial charge in [-0.1, -0.05) is 6.42 Å². The highest BCUT2D eigenvalue weighted by atomic mass is 16.5. The molecule has 0 atom stereocenters. The Morgan fingerprint density at radius 3 is 2.57 bits per heavy atom. The first-order valence-corrected chi connectivity index (χ1v) is 7.10. The number of benzene rings is 1. The number of amides is 1. The minimum Gasteiger partial charge on any atom is -0.491 e. The quantitative estimate of drug-likeness (QED) is 0.825. The molecule has 1 aromatic carbocycles. The number of hydrogen-bond donors (Lipinski definition) is 2. The number of piperidine rings is 1. The van der Waals surface area contributed by atoms with E-state index in [4.69, 9.17) is 15.6 Å². The Labute approximate surface area is 123 Å². The lowest BCUT2D eigenvalue weighted by molar-refractivity contribution is 0.0695. The SMILES string of the molecule is NC(=O)c1ccc(C(=O)O)cc1OCCN1CCCCC1. The van der Waals surface area contributed by atoms with Crippen LogP contribution in [-0.2, 0) is 0 Å². The summed E-state index contributed by atoms with van der Waals surface area (Å²) in [4.78, 5) is 24.6. The molecular formula is C15H20N2O4. The van der Waals surface area contributed by atoms with Crippen molar-refractivity contribution in [1.29, 1.82) is 0 Å². The van der Waals surface area contributed by atoms with Crippen LogP contribution < -0.4 is 10.5 Å². The van der Waals surface area contributed by atoms with E-state index < -0.39 is 11.9 Å². The highest BCUT2D eigenvalue weighted by Gasteiger charge is 2.14. The van der Waals surface area contributed by atoms with Gasteiger partial charge in [-0.15, -0.1) is 0 Å². The third-order valence-corrected chi connectivity index (χ3v) is 3.61. The van der Waals surface area contributed by atoms with Gasteiger partial charge in [-0.3, -0.25) is 9.69 Å². The molecule has 1 aliphatic rings. The Bertz CT molecular complexity index is 524. The minimum absolute atomic E-state index is 0.0768. The average Bonchev–Trinajstić information content (AvgIpc) is 2.48. The lowest BCUT2D eigenvalue weighted by Crippen LogP contribution is -2.33. The van der Waals surface area contributed by atoms with Gasteiger partial charge in [0, 0.05) is 6.54 Å². The number of aromatic carboxylic acids is 1. The van der Waals surface area contributed by atoms with Crippen LogP contribution in [0.1, 0.15) is 40.0 Å². The Morgan fingerprint density at radius 2 is 1.95 bits per heavy atom. The van der Waals surface area contributed by atoms with E-state index in [9.17, 15) is 9.59 Å². The normalized spacial score (nSPS) is 15.6. The van der Waals surface area contributed by atoms with Crippen LogP contribution in [-0.4, -0.2) is 48.1 Å². The Hall–Kier alpha value is -2.08. The van der Waals surface area contributed by atoms with E-state index in [0.29, 0.717) is 6.61 Å². The fourth-order valence-electron chi connectivity index (χ4n) is 2.45. The highest BCUT2D eigenvalue weighted by Crippen LogP contribution is 2.20. The lowest BCUT2D eigenvalue weighted by Gasteiger charge is -2.26. The van der Waals surface area contributed by atoms with Gasteiger partial charge in [0.2, 0.25) is 0 Å². The van der Waals surface area contributed by atoms with E-state index in [-0.39, 0.29) is 16.9 Å². The predicted molar refractivity (Wildman–Crippen MR) is 77.7 cm³/mol. The summed E-state index contributed by atoms with van der Waals surface area (Å²) in [6, 6.07) is 4.08. The van der Waals surface area contributed by atoms with Gasteiger partial charge in [0.25, 0.3) is 5.91 Å². The second-order valence-corrected chi connectivity index (χ2v) is 5.13. The molecule has 0 bridgehead atoms. The number of carbonyl (C=O) groups excluding carboxylic acids is 1. The fourth-order valence-corrected chi connectivity index (χ4v) is 2.45. The molecule has 0 aromatic heterocycles. The molecule has 114 valence electrons. The molecule has 2 rings (SSSR count). The number of carboxylic acids is 1. The molecule has 1 saturated heterocycles. The summed E-state index contributed by atoms with van der Waals surface area (Å²) in [6.07, 6.45) is 3.66. The predicted octanol–water partition coefficient (Wildman–Crippen LogP) is 1.35. The first-order chi connectivity index (χ1) is 10.1. The third-order valence-electron chi connectivity index (χ3n) is 3.61. The van der Waals surface area contributed by atoms with E-state index >= 15 is 0 Å². The molecule has 1 aromatic rings. The van der Waals surface area contributed by atoms with Crippen molar-refractivity contribution in [1.82, 2.24) is 4.90 Å². The van der Waals surface area contributed by atoms with Gasteiger partial charge in [-0.25, -0.2) is 4.79 Å². The topological polar surface area (TPSA) is 92.9 Å². The summed E-state index contributed by atoms with van der Waals surface area (Å²) in [6.45, 7) is 3.28. The monoisotopic (exact) mass is 292 g/mol. The van der Waals surface area contributed by atoms with Crippen LogP contribution in [0.2, 0.25) is 0 Å². The van der Waals surface area contributed by atoms with Crippen LogP contribution in [0.4, 0.5) is 0 Å². The molecule has 6 nitrogen and oxygen atoms in total. The molecule has 1 aliphatic heterocycles. The number of likely N-dealkylation sites (tertiary alicyclic amines) is 1. The molecule has 21 heavy (non-hydrogen) atoms. The minimum atomic E-state index is -1.06. The standard InChI is InChI=1S/C15H20N2O4/c16-14(18)12-5-4-11(15(19)20)10-13(12)21-9-8-17-6-2-1-3-7-17/h4-5,10H,1-3,6-9H2,(H2,16,18)(H,19,20). The van der Waals surface area contributed by atoms with Crippen LogP contribution in [0.3, 0.4) is 0 Å². The molecule has 1 fully saturated rings. The number of primary amides is 1. The third kappa shape index (κ3) is 4.19. The molecular weight excluding hydrogens is 272 g/mol. The van der Waals surface area contributed by atoms with Crippen molar-refractivity contribution in [2.24, 2.45) is 5.73 Å². The first-order valence-electron chi connectivity index (χ1n) is 7.10. The molecule has 6 heteroatoms. The van der Waals surface area contributed by atoms with Gasteiger partial charge in [0.1, 0.15) is 12.4 Å². The summed E-state index contributed by atoms with van der Waals surface area (Å²) in [5.74, 6) is -1.45. The molecule has 1 amide bonds. The molecule has 3 N–H and O–H groups in total. The van der Waals surface area contributed by atoms with E-state index in [1.807, 2.05) is 0 Å². The van der Waals surface area contributed by atoms with Gasteiger partial charge in [-0.2, -0.15) is 0 Å². The summed E-state index contributed by atoms with van der Waals surface area (Å²) < 4.78 is 5.59. The van der Waals surface area contributed by atoms with Crippen LogP contribution in [0, 0.1) is 0 Å². The van der Waals surface area contributed by atoms with Crippen LogP contribution in [0.15, 0.2) is 18.2 Å². The van der Waals surface area contributed by atoms with Crippen molar-refractivity contribution in [3.05, 3.63) is 29.3 Å². The van der Waals surface area contributed by atoms with Gasteiger partial charge >= 0.3 is 5.97 Å². The number of ether oxygens (including phenoxy) is 1. The molecule has 0 saturated carbocycles. The van der Waals surface area contributed by atoms with Gasteiger partial charge in [0.15, 0.2) is 0 Å². The summed E-state index contributed by atoms with van der Waals surface area (Å²) in [5, 5.41) is 8.99. The first kappa shape index (κ1) is 15.3. The summed E-state index contributed by atoms with van der Waals surface area (Å²) >= 11 is 0. The Morgan fingerprint density at radius 1 is 1.24 bits per heavy atom. The number of carboxylic acid groups (broad SMARTS) is 1. The smallest absolute Gasteiger partial charge is 0.335 e. The maximum Gasteiger partial charge on any atom is 0.335 e. The number of rotatable bonds is 6. The highest BCUT2D eigenvalue weighted by molar-refractivity contribution is 5.97. The fraction of sp³-hybridized carbons (Fsp3) is 0.467. The van der Waals surface area contributed by atoms with E-state index in [0.717, 1.165) is 19.6 Å². The number of nitrogens with two attached hydrogens (primary N) is 1. The zero-order valence-electron chi connectivity index (χ0n) is 11.9. The maximum atomic E-state index is 11.4. The molecule has 0 radical (unpaired) electrons. The van der Waals surface area contributed by atoms with Gasteiger partial charge < -0.3 is 15.6 Å². The number of hydrogen-bond acceptors (Lipinski definition) is 4.